The second-order valence-electron chi connectivity index (χ2n) is 3.19. The molecular formula is C11H14BrNO3S. The van der Waals surface area contributed by atoms with Crippen LogP contribution in [0.5, 0.6) is 11.5 Å². The first-order valence-corrected chi connectivity index (χ1v) is 6.80. The number of thioether (sulfide) groups is 1. The predicted molar refractivity (Wildman–Crippen MR) is 74.1 cm³/mol. The Morgan fingerprint density at radius 3 is 2.29 bits per heavy atom. The molecule has 0 saturated carbocycles. The molecule has 0 N–H and O–H groups in total. The van der Waals surface area contributed by atoms with E-state index in [0.717, 1.165) is 4.90 Å². The normalized spacial score (nSPS) is 9.94. The molecule has 0 aliphatic rings. The van der Waals surface area contributed by atoms with Crippen molar-refractivity contribution < 1.29 is 14.3 Å². The van der Waals surface area contributed by atoms with Crippen molar-refractivity contribution >= 4 is 38.2 Å². The van der Waals surface area contributed by atoms with Gasteiger partial charge in [0.25, 0.3) is 4.82 Å². The molecule has 0 bridgehead atoms. The molecule has 0 unspecified atom stereocenters. The molecule has 1 rings (SSSR count). The first kappa shape index (κ1) is 14.2. The monoisotopic (exact) mass is 319 g/mol. The highest BCUT2D eigenvalue weighted by Gasteiger charge is 2.16. The zero-order chi connectivity index (χ0) is 13.0. The van der Waals surface area contributed by atoms with Gasteiger partial charge in [0, 0.05) is 29.0 Å². The molecule has 1 amide bonds. The van der Waals surface area contributed by atoms with Crippen molar-refractivity contribution in [2.45, 2.75) is 4.90 Å². The van der Waals surface area contributed by atoms with E-state index in [-0.39, 0.29) is 4.82 Å². The van der Waals surface area contributed by atoms with Crippen molar-refractivity contribution in [1.82, 2.24) is 0 Å². The summed E-state index contributed by atoms with van der Waals surface area (Å²) in [5, 5.41) is 0. The number of benzene rings is 1. The minimum Gasteiger partial charge on any atom is -0.496 e. The van der Waals surface area contributed by atoms with E-state index in [4.69, 9.17) is 9.47 Å². The molecule has 94 valence electrons. The summed E-state index contributed by atoms with van der Waals surface area (Å²) >= 11 is 4.47. The molecule has 0 fully saturated rings. The fourth-order valence-electron chi connectivity index (χ4n) is 1.37. The summed E-state index contributed by atoms with van der Waals surface area (Å²) in [6.45, 7) is 0. The van der Waals surface area contributed by atoms with Crippen LogP contribution in [0.4, 0.5) is 10.5 Å². The highest BCUT2D eigenvalue weighted by molar-refractivity contribution is 9.18. The minimum atomic E-state index is -0.241. The average Bonchev–Trinajstić information content (AvgIpc) is 2.35. The van der Waals surface area contributed by atoms with Gasteiger partial charge in [-0.05, 0) is 12.3 Å². The van der Waals surface area contributed by atoms with Gasteiger partial charge in [-0.15, -0.1) is 11.8 Å². The molecule has 0 aliphatic carbocycles. The van der Waals surface area contributed by atoms with Gasteiger partial charge in [0.15, 0.2) is 0 Å². The van der Waals surface area contributed by atoms with E-state index in [2.05, 4.69) is 15.9 Å². The highest BCUT2D eigenvalue weighted by atomic mass is 79.9. The zero-order valence-electron chi connectivity index (χ0n) is 10.1. The summed E-state index contributed by atoms with van der Waals surface area (Å²) in [5.74, 6) is 1.35. The predicted octanol–water partition coefficient (Wildman–Crippen LogP) is 3.38. The summed E-state index contributed by atoms with van der Waals surface area (Å²) < 4.78 is 10.6. The summed E-state index contributed by atoms with van der Waals surface area (Å²) in [4.78, 5) is 13.5. The number of methoxy groups -OCH3 is 2. The fraction of sp³-hybridized carbons (Fsp3) is 0.364. The smallest absolute Gasteiger partial charge is 0.293 e. The minimum absolute atomic E-state index is 0.241. The Morgan fingerprint density at radius 1 is 1.29 bits per heavy atom. The van der Waals surface area contributed by atoms with Crippen LogP contribution in [0.1, 0.15) is 0 Å². The molecule has 4 nitrogen and oxygen atoms in total. The number of halogens is 1. The molecule has 1 aromatic rings. The average molecular weight is 320 g/mol. The van der Waals surface area contributed by atoms with E-state index in [1.807, 2.05) is 12.3 Å². The molecule has 0 heterocycles. The molecule has 1 aromatic carbocycles. The lowest BCUT2D eigenvalue weighted by atomic mass is 10.2. The Balaban J connectivity index is 3.33. The van der Waals surface area contributed by atoms with Gasteiger partial charge in [-0.1, -0.05) is 0 Å². The third kappa shape index (κ3) is 3.07. The molecule has 0 saturated heterocycles. The van der Waals surface area contributed by atoms with Crippen LogP contribution in [-0.2, 0) is 0 Å². The summed E-state index contributed by atoms with van der Waals surface area (Å²) in [7, 11) is 4.83. The van der Waals surface area contributed by atoms with Crippen LogP contribution in [0.15, 0.2) is 17.0 Å². The molecule has 0 aromatic heterocycles. The summed E-state index contributed by atoms with van der Waals surface area (Å²) in [5.41, 5.74) is 0.657. The van der Waals surface area contributed by atoms with Crippen LogP contribution in [-0.4, -0.2) is 32.3 Å². The SMILES string of the molecule is COc1cc(N(C)C(=O)Br)c(OC)cc1SC. The number of carbonyl (C=O) groups is 1. The Kier molecular flexibility index (Phi) is 5.14. The maximum absolute atomic E-state index is 11.3. The van der Waals surface area contributed by atoms with E-state index in [9.17, 15) is 4.79 Å². The van der Waals surface area contributed by atoms with Crippen molar-refractivity contribution in [2.24, 2.45) is 0 Å². The van der Waals surface area contributed by atoms with Crippen molar-refractivity contribution in [3.05, 3.63) is 12.1 Å². The summed E-state index contributed by atoms with van der Waals surface area (Å²) in [6, 6.07) is 3.63. The van der Waals surface area contributed by atoms with Gasteiger partial charge < -0.3 is 14.4 Å². The van der Waals surface area contributed by atoms with Crippen molar-refractivity contribution in [2.75, 3.05) is 32.4 Å². The number of ether oxygens (including phenoxy) is 2. The maximum Gasteiger partial charge on any atom is 0.293 e. The number of hydrogen-bond donors (Lipinski definition) is 0. The molecule has 17 heavy (non-hydrogen) atoms. The second kappa shape index (κ2) is 6.16. The van der Waals surface area contributed by atoms with E-state index >= 15 is 0 Å². The van der Waals surface area contributed by atoms with Crippen LogP contribution >= 0.6 is 27.7 Å². The third-order valence-corrected chi connectivity index (χ3v) is 3.60. The number of carbonyl (C=O) groups excluding carboxylic acids is 1. The van der Waals surface area contributed by atoms with E-state index in [0.29, 0.717) is 17.2 Å². The van der Waals surface area contributed by atoms with Gasteiger partial charge >= 0.3 is 0 Å². The van der Waals surface area contributed by atoms with E-state index < -0.39 is 0 Å². The standard InChI is InChI=1S/C11H14BrNO3S/c1-13(11(12)14)7-5-9(16-3)10(17-4)6-8(7)15-2/h5-6H,1-4H3. The van der Waals surface area contributed by atoms with Crippen molar-refractivity contribution in [1.29, 1.82) is 0 Å². The second-order valence-corrected chi connectivity index (χ2v) is 4.72. The van der Waals surface area contributed by atoms with Crippen LogP contribution < -0.4 is 14.4 Å². The van der Waals surface area contributed by atoms with E-state index in [1.54, 1.807) is 39.1 Å². The number of amides is 1. The van der Waals surface area contributed by atoms with Crippen LogP contribution in [0, 0.1) is 0 Å². The fourth-order valence-corrected chi connectivity index (χ4v) is 2.13. The lowest BCUT2D eigenvalue weighted by molar-refractivity contribution is 0.266. The Labute approximate surface area is 113 Å². The van der Waals surface area contributed by atoms with Crippen molar-refractivity contribution in [3.8, 4) is 11.5 Å². The largest absolute Gasteiger partial charge is 0.496 e. The zero-order valence-corrected chi connectivity index (χ0v) is 12.5. The van der Waals surface area contributed by atoms with Crippen molar-refractivity contribution in [3.63, 3.8) is 0 Å². The van der Waals surface area contributed by atoms with Crippen LogP contribution in [0.2, 0.25) is 0 Å². The number of nitrogens with zero attached hydrogens (tertiary/aromatic N) is 1. The molecule has 0 atom stereocenters. The molecule has 0 spiro atoms. The third-order valence-electron chi connectivity index (χ3n) is 2.31. The topological polar surface area (TPSA) is 38.8 Å². The number of hydrogen-bond acceptors (Lipinski definition) is 4. The van der Waals surface area contributed by atoms with Crippen LogP contribution in [0.25, 0.3) is 0 Å². The quantitative estimate of drug-likeness (QED) is 0.484. The van der Waals surface area contributed by atoms with Gasteiger partial charge in [0.1, 0.15) is 11.5 Å². The van der Waals surface area contributed by atoms with Gasteiger partial charge in [-0.25, -0.2) is 0 Å². The highest BCUT2D eigenvalue weighted by Crippen LogP contribution is 2.39. The molecular weight excluding hydrogens is 306 g/mol. The number of rotatable bonds is 4. The van der Waals surface area contributed by atoms with Gasteiger partial charge in [0.05, 0.1) is 24.8 Å². The first-order chi connectivity index (χ1) is 8.04. The van der Waals surface area contributed by atoms with Gasteiger partial charge in [-0.2, -0.15) is 0 Å². The lowest BCUT2D eigenvalue weighted by Gasteiger charge is -2.19. The van der Waals surface area contributed by atoms with Gasteiger partial charge in [0.2, 0.25) is 0 Å². The maximum atomic E-state index is 11.3. The van der Waals surface area contributed by atoms with E-state index in [1.165, 1.54) is 4.90 Å². The summed E-state index contributed by atoms with van der Waals surface area (Å²) in [6.07, 6.45) is 1.95. The Morgan fingerprint density at radius 2 is 1.88 bits per heavy atom. The molecule has 0 aliphatic heterocycles. The molecule has 0 radical (unpaired) electrons. The Hall–Kier alpha value is -0.880. The Bertz CT molecular complexity index is 425. The number of anilines is 1. The molecule has 6 heteroatoms. The van der Waals surface area contributed by atoms with Gasteiger partial charge in [-0.3, -0.25) is 4.79 Å². The van der Waals surface area contributed by atoms with Crippen LogP contribution in [0.3, 0.4) is 0 Å². The lowest BCUT2D eigenvalue weighted by Crippen LogP contribution is -2.20. The first-order valence-electron chi connectivity index (χ1n) is 4.78.